The number of carbonyl (C=O) groups excluding carboxylic acids is 1. The molecule has 4 N–H and O–H groups in total. The van der Waals surface area contributed by atoms with Crippen LogP contribution in [0.15, 0.2) is 24.3 Å². The average Bonchev–Trinajstić information content (AvgIpc) is 3.31. The normalized spacial score (nSPS) is 24.3. The van der Waals surface area contributed by atoms with Crippen LogP contribution in [-0.2, 0) is 15.0 Å². The predicted octanol–water partition coefficient (Wildman–Crippen LogP) is 0.957. The van der Waals surface area contributed by atoms with Gasteiger partial charge in [-0.15, -0.1) is 0 Å². The van der Waals surface area contributed by atoms with Gasteiger partial charge in [-0.2, -0.15) is 0 Å². The van der Waals surface area contributed by atoms with Gasteiger partial charge in [0.25, 0.3) is 5.97 Å². The number of nitrogens with one attached hydrogen (secondary N) is 2. The summed E-state index contributed by atoms with van der Waals surface area (Å²) >= 11 is 0. The average molecular weight is 334 g/mol. The van der Waals surface area contributed by atoms with Gasteiger partial charge in [-0.1, -0.05) is 29.8 Å². The summed E-state index contributed by atoms with van der Waals surface area (Å²) in [5.74, 6) is -0.769. The third-order valence-corrected chi connectivity index (χ3v) is 4.55. The van der Waals surface area contributed by atoms with Crippen molar-refractivity contribution in [2.75, 3.05) is 13.1 Å². The molecule has 1 saturated heterocycles. The molecule has 0 spiro atoms. The van der Waals surface area contributed by atoms with Crippen molar-refractivity contribution in [3.05, 3.63) is 35.4 Å². The van der Waals surface area contributed by atoms with E-state index in [1.807, 2.05) is 6.92 Å². The van der Waals surface area contributed by atoms with Crippen LogP contribution >= 0.6 is 0 Å². The van der Waals surface area contributed by atoms with E-state index in [2.05, 4.69) is 34.9 Å². The Morgan fingerprint density at radius 1 is 1.25 bits per heavy atom. The molecule has 1 amide bonds. The second kappa shape index (κ2) is 7.77. The summed E-state index contributed by atoms with van der Waals surface area (Å²) in [6, 6.07) is 8.05. The van der Waals surface area contributed by atoms with Gasteiger partial charge in [0.2, 0.25) is 5.91 Å². The summed E-state index contributed by atoms with van der Waals surface area (Å²) < 4.78 is 0. The lowest BCUT2D eigenvalue weighted by molar-refractivity contribution is -0.134. The van der Waals surface area contributed by atoms with Crippen LogP contribution in [0.5, 0.6) is 0 Å². The summed E-state index contributed by atoms with van der Waals surface area (Å²) in [6.45, 7) is 4.60. The van der Waals surface area contributed by atoms with E-state index in [-0.39, 0.29) is 17.4 Å². The molecule has 0 radical (unpaired) electrons. The second-order valence-electron chi connectivity index (χ2n) is 6.61. The van der Waals surface area contributed by atoms with Gasteiger partial charge >= 0.3 is 0 Å². The van der Waals surface area contributed by atoms with E-state index in [0.29, 0.717) is 13.0 Å². The molecule has 1 aromatic rings. The van der Waals surface area contributed by atoms with Crippen molar-refractivity contribution in [2.45, 2.75) is 50.7 Å². The van der Waals surface area contributed by atoms with Crippen LogP contribution in [-0.4, -0.2) is 47.3 Å². The smallest absolute Gasteiger partial charge is 0.300 e. The van der Waals surface area contributed by atoms with Crippen LogP contribution in [0.25, 0.3) is 0 Å². The van der Waals surface area contributed by atoms with Gasteiger partial charge in [0.05, 0.1) is 17.6 Å². The van der Waals surface area contributed by atoms with Crippen molar-refractivity contribution in [2.24, 2.45) is 0 Å². The van der Waals surface area contributed by atoms with Crippen molar-refractivity contribution >= 4 is 11.9 Å². The number of benzene rings is 1. The van der Waals surface area contributed by atoms with E-state index < -0.39 is 12.1 Å². The van der Waals surface area contributed by atoms with Gasteiger partial charge in [-0.05, 0) is 38.3 Å². The molecule has 6 heteroatoms. The third kappa shape index (κ3) is 4.55. The van der Waals surface area contributed by atoms with Crippen molar-refractivity contribution in [3.8, 4) is 0 Å². The Labute approximate surface area is 142 Å². The number of carboxylic acid groups (broad SMARTS) is 1. The van der Waals surface area contributed by atoms with Crippen LogP contribution in [0.3, 0.4) is 0 Å². The first kappa shape index (κ1) is 18.4. The SMILES string of the molecule is CC(=O)O.Cc1ccc(C2(C(=O)N[C@H]3CNCC[C@H]3O)CC2)cc1. The molecule has 2 fully saturated rings. The highest BCUT2D eigenvalue weighted by Crippen LogP contribution is 2.48. The molecule has 1 saturated carbocycles. The van der Waals surface area contributed by atoms with Crippen LogP contribution in [0.4, 0.5) is 0 Å². The maximum atomic E-state index is 12.6. The van der Waals surface area contributed by atoms with Gasteiger partial charge < -0.3 is 20.8 Å². The zero-order valence-electron chi connectivity index (χ0n) is 14.2. The van der Waals surface area contributed by atoms with E-state index in [0.717, 1.165) is 31.9 Å². The predicted molar refractivity (Wildman–Crippen MR) is 90.8 cm³/mol. The van der Waals surface area contributed by atoms with Crippen LogP contribution in [0.2, 0.25) is 0 Å². The number of hydrogen-bond donors (Lipinski definition) is 4. The Kier molecular flexibility index (Phi) is 5.96. The van der Waals surface area contributed by atoms with E-state index in [1.54, 1.807) is 0 Å². The van der Waals surface area contributed by atoms with Gasteiger partial charge in [0.15, 0.2) is 0 Å². The van der Waals surface area contributed by atoms with E-state index in [9.17, 15) is 9.90 Å². The van der Waals surface area contributed by atoms with Crippen LogP contribution in [0.1, 0.15) is 37.3 Å². The molecule has 132 valence electrons. The highest BCUT2D eigenvalue weighted by Gasteiger charge is 2.51. The highest BCUT2D eigenvalue weighted by molar-refractivity contribution is 5.91. The molecular formula is C18H26N2O4. The van der Waals surface area contributed by atoms with E-state index in [4.69, 9.17) is 9.90 Å². The molecule has 0 bridgehead atoms. The Hall–Kier alpha value is -1.92. The minimum Gasteiger partial charge on any atom is -0.481 e. The molecule has 1 heterocycles. The summed E-state index contributed by atoms with van der Waals surface area (Å²) in [6.07, 6.45) is 2.06. The largest absolute Gasteiger partial charge is 0.481 e. The lowest BCUT2D eigenvalue weighted by Gasteiger charge is -2.30. The Morgan fingerprint density at radius 2 is 1.83 bits per heavy atom. The number of piperidine rings is 1. The van der Waals surface area contributed by atoms with Crippen LogP contribution < -0.4 is 10.6 Å². The second-order valence-corrected chi connectivity index (χ2v) is 6.61. The Bertz CT molecular complexity index is 577. The number of rotatable bonds is 3. The van der Waals surface area contributed by atoms with Gasteiger partial charge in [0, 0.05) is 13.5 Å². The molecule has 1 aliphatic carbocycles. The number of aryl methyl sites for hydroxylation is 1. The first-order chi connectivity index (χ1) is 11.3. The van der Waals surface area contributed by atoms with Crippen molar-refractivity contribution in [1.29, 1.82) is 0 Å². The minimum absolute atomic E-state index is 0.0640. The number of amides is 1. The number of carboxylic acids is 1. The van der Waals surface area contributed by atoms with Crippen LogP contribution in [0, 0.1) is 6.92 Å². The van der Waals surface area contributed by atoms with Gasteiger partial charge in [0.1, 0.15) is 0 Å². The summed E-state index contributed by atoms with van der Waals surface area (Å²) in [5, 5.41) is 23.6. The summed E-state index contributed by atoms with van der Waals surface area (Å²) in [4.78, 5) is 21.6. The number of hydrogen-bond acceptors (Lipinski definition) is 4. The monoisotopic (exact) mass is 334 g/mol. The first-order valence-corrected chi connectivity index (χ1v) is 8.31. The summed E-state index contributed by atoms with van der Waals surface area (Å²) in [5.41, 5.74) is 1.95. The zero-order chi connectivity index (χ0) is 17.7. The van der Waals surface area contributed by atoms with Crippen molar-refractivity contribution < 1.29 is 19.8 Å². The Balaban J connectivity index is 0.000000471. The lowest BCUT2D eigenvalue weighted by atomic mass is 9.93. The molecule has 2 aliphatic rings. The van der Waals surface area contributed by atoms with Gasteiger partial charge in [-0.25, -0.2) is 0 Å². The molecule has 0 aromatic heterocycles. The molecule has 6 nitrogen and oxygen atoms in total. The summed E-state index contributed by atoms with van der Waals surface area (Å²) in [7, 11) is 0. The third-order valence-electron chi connectivity index (χ3n) is 4.55. The molecule has 24 heavy (non-hydrogen) atoms. The van der Waals surface area contributed by atoms with E-state index in [1.165, 1.54) is 5.56 Å². The van der Waals surface area contributed by atoms with E-state index >= 15 is 0 Å². The fraction of sp³-hybridized carbons (Fsp3) is 0.556. The molecule has 3 rings (SSSR count). The minimum atomic E-state index is -0.833. The topological polar surface area (TPSA) is 98.7 Å². The zero-order valence-corrected chi connectivity index (χ0v) is 14.2. The number of aliphatic hydroxyl groups is 1. The fourth-order valence-electron chi connectivity index (χ4n) is 2.94. The number of aliphatic carboxylic acids is 1. The molecule has 1 aromatic carbocycles. The van der Waals surface area contributed by atoms with Crippen molar-refractivity contribution in [1.82, 2.24) is 10.6 Å². The Morgan fingerprint density at radius 3 is 2.33 bits per heavy atom. The number of carbonyl (C=O) groups is 2. The molecule has 2 atom stereocenters. The first-order valence-electron chi connectivity index (χ1n) is 8.31. The maximum absolute atomic E-state index is 12.6. The highest BCUT2D eigenvalue weighted by atomic mass is 16.4. The maximum Gasteiger partial charge on any atom is 0.300 e. The molecule has 0 unspecified atom stereocenters. The standard InChI is InChI=1S/C16H22N2O2.C2H4O2/c1-11-2-4-12(5-3-11)16(7-8-16)15(20)18-13-10-17-9-6-14(13)19;1-2(3)4/h2-5,13-14,17,19H,6-10H2,1H3,(H,18,20);1H3,(H,3,4)/t13-,14+;/m0./s1. The lowest BCUT2D eigenvalue weighted by Crippen LogP contribution is -2.55. The van der Waals surface area contributed by atoms with Gasteiger partial charge in [-0.3, -0.25) is 9.59 Å². The fourth-order valence-corrected chi connectivity index (χ4v) is 2.94. The molecular weight excluding hydrogens is 308 g/mol. The van der Waals surface area contributed by atoms with Crippen molar-refractivity contribution in [3.63, 3.8) is 0 Å². The quantitative estimate of drug-likeness (QED) is 0.660. The number of aliphatic hydroxyl groups excluding tert-OH is 1. The molecule has 1 aliphatic heterocycles.